The molecular formula is C17H12ClFO5. The van der Waals surface area contributed by atoms with E-state index in [1.807, 2.05) is 0 Å². The van der Waals surface area contributed by atoms with Crippen LogP contribution in [-0.2, 0) is 4.74 Å². The summed E-state index contributed by atoms with van der Waals surface area (Å²) >= 11 is 5.78. The molecule has 7 heteroatoms. The minimum Gasteiger partial charge on any atom is -0.486 e. The molecule has 0 fully saturated rings. The predicted molar refractivity (Wildman–Crippen MR) is 83.5 cm³/mol. The van der Waals surface area contributed by atoms with Gasteiger partial charge in [-0.2, -0.15) is 0 Å². The van der Waals surface area contributed by atoms with E-state index in [4.69, 9.17) is 25.8 Å². The van der Waals surface area contributed by atoms with Crippen molar-refractivity contribution in [3.63, 3.8) is 0 Å². The van der Waals surface area contributed by atoms with Gasteiger partial charge < -0.3 is 14.2 Å². The van der Waals surface area contributed by atoms with Gasteiger partial charge in [-0.05, 0) is 36.4 Å². The number of carbonyl (C=O) groups is 2. The van der Waals surface area contributed by atoms with Crippen molar-refractivity contribution in [2.24, 2.45) is 0 Å². The minimum atomic E-state index is -0.800. The van der Waals surface area contributed by atoms with Gasteiger partial charge in [0, 0.05) is 5.56 Å². The van der Waals surface area contributed by atoms with Crippen molar-refractivity contribution in [1.29, 1.82) is 0 Å². The second kappa shape index (κ2) is 6.88. The number of hydrogen-bond donors (Lipinski definition) is 0. The van der Waals surface area contributed by atoms with Crippen molar-refractivity contribution < 1.29 is 28.2 Å². The molecule has 24 heavy (non-hydrogen) atoms. The maximum absolute atomic E-state index is 13.0. The fourth-order valence-corrected chi connectivity index (χ4v) is 2.41. The molecule has 0 N–H and O–H groups in total. The molecule has 0 bridgehead atoms. The van der Waals surface area contributed by atoms with Gasteiger partial charge in [-0.3, -0.25) is 4.79 Å². The lowest BCUT2D eigenvalue weighted by molar-refractivity contribution is 0.0474. The molecule has 0 atom stereocenters. The van der Waals surface area contributed by atoms with E-state index in [1.165, 1.54) is 12.1 Å². The number of Topliss-reactive ketones (excluding diaryl/α,β-unsaturated/α-hetero) is 1. The number of rotatable bonds is 4. The standard InChI is InChI=1S/C17H12ClFO5/c18-13-8-11(19)2-3-12(13)17(21)24-9-14(20)10-1-4-15-16(7-10)23-6-5-22-15/h1-4,7-8H,5-6,9H2. The molecule has 0 spiro atoms. The minimum absolute atomic E-state index is 0.00644. The third-order valence-corrected chi connectivity index (χ3v) is 3.66. The molecule has 0 unspecified atom stereocenters. The molecule has 0 saturated heterocycles. The van der Waals surface area contributed by atoms with Crippen molar-refractivity contribution in [3.8, 4) is 11.5 Å². The first-order valence-corrected chi connectivity index (χ1v) is 7.47. The Morgan fingerprint density at radius 1 is 1.08 bits per heavy atom. The van der Waals surface area contributed by atoms with E-state index in [2.05, 4.69) is 0 Å². The van der Waals surface area contributed by atoms with Crippen molar-refractivity contribution in [2.75, 3.05) is 19.8 Å². The molecule has 0 radical (unpaired) electrons. The second-order valence-electron chi connectivity index (χ2n) is 4.98. The molecule has 1 aliphatic rings. The third-order valence-electron chi connectivity index (χ3n) is 3.35. The number of halogens is 2. The number of benzene rings is 2. The number of esters is 1. The Labute approximate surface area is 141 Å². The molecule has 1 heterocycles. The van der Waals surface area contributed by atoms with Crippen LogP contribution in [0.4, 0.5) is 4.39 Å². The number of fused-ring (bicyclic) bond motifs is 1. The van der Waals surface area contributed by atoms with Crippen molar-refractivity contribution in [3.05, 3.63) is 58.4 Å². The van der Waals surface area contributed by atoms with Crippen LogP contribution in [0.3, 0.4) is 0 Å². The average Bonchev–Trinajstić information content (AvgIpc) is 2.59. The number of hydrogen-bond acceptors (Lipinski definition) is 5. The predicted octanol–water partition coefficient (Wildman–Crippen LogP) is 3.29. The smallest absolute Gasteiger partial charge is 0.340 e. The summed E-state index contributed by atoms with van der Waals surface area (Å²) in [5.41, 5.74) is 0.324. The third kappa shape index (κ3) is 3.49. The SMILES string of the molecule is O=C(COC(=O)c1ccc(F)cc1Cl)c1ccc2c(c1)OCCO2. The summed E-state index contributed by atoms with van der Waals surface area (Å²) in [6.45, 7) is 0.394. The highest BCUT2D eigenvalue weighted by Crippen LogP contribution is 2.30. The van der Waals surface area contributed by atoms with Gasteiger partial charge >= 0.3 is 5.97 Å². The zero-order valence-corrected chi connectivity index (χ0v) is 13.1. The number of ketones is 1. The van der Waals surface area contributed by atoms with Crippen LogP contribution in [-0.4, -0.2) is 31.6 Å². The molecule has 0 aromatic heterocycles. The van der Waals surface area contributed by atoms with Gasteiger partial charge in [0.05, 0.1) is 10.6 Å². The van der Waals surface area contributed by atoms with Gasteiger partial charge in [-0.25, -0.2) is 9.18 Å². The Morgan fingerprint density at radius 3 is 2.58 bits per heavy atom. The molecule has 2 aromatic carbocycles. The van der Waals surface area contributed by atoms with E-state index in [-0.39, 0.29) is 10.6 Å². The maximum Gasteiger partial charge on any atom is 0.340 e. The Morgan fingerprint density at radius 2 is 1.83 bits per heavy atom. The summed E-state index contributed by atoms with van der Waals surface area (Å²) in [4.78, 5) is 24.1. The van der Waals surface area contributed by atoms with Crippen molar-refractivity contribution in [1.82, 2.24) is 0 Å². The highest BCUT2D eigenvalue weighted by atomic mass is 35.5. The summed E-state index contributed by atoms with van der Waals surface area (Å²) in [5, 5.41) is -0.0771. The van der Waals surface area contributed by atoms with E-state index in [1.54, 1.807) is 12.1 Å². The van der Waals surface area contributed by atoms with Crippen LogP contribution in [0.25, 0.3) is 0 Å². The highest BCUT2D eigenvalue weighted by Gasteiger charge is 2.18. The zero-order valence-electron chi connectivity index (χ0n) is 12.4. The van der Waals surface area contributed by atoms with E-state index < -0.39 is 24.2 Å². The van der Waals surface area contributed by atoms with E-state index in [0.29, 0.717) is 30.3 Å². The van der Waals surface area contributed by atoms with Gasteiger partial charge in [-0.1, -0.05) is 11.6 Å². The lowest BCUT2D eigenvalue weighted by Crippen LogP contribution is -2.17. The monoisotopic (exact) mass is 350 g/mol. The Bertz CT molecular complexity index is 806. The van der Waals surface area contributed by atoms with Crippen LogP contribution in [0.15, 0.2) is 36.4 Å². The molecule has 0 aliphatic carbocycles. The molecule has 3 rings (SSSR count). The second-order valence-corrected chi connectivity index (χ2v) is 5.39. The average molecular weight is 351 g/mol. The van der Waals surface area contributed by atoms with Crippen molar-refractivity contribution >= 4 is 23.4 Å². The van der Waals surface area contributed by atoms with Crippen LogP contribution in [0.5, 0.6) is 11.5 Å². The first-order valence-electron chi connectivity index (χ1n) is 7.09. The summed E-state index contributed by atoms with van der Waals surface area (Å²) in [6.07, 6.45) is 0. The van der Waals surface area contributed by atoms with Gasteiger partial charge in [0.2, 0.25) is 0 Å². The summed E-state index contributed by atoms with van der Waals surface area (Å²) in [6, 6.07) is 8.02. The van der Waals surface area contributed by atoms with Gasteiger partial charge in [0.1, 0.15) is 19.0 Å². The first kappa shape index (κ1) is 16.3. The summed E-state index contributed by atoms with van der Waals surface area (Å²) in [7, 11) is 0. The molecule has 0 amide bonds. The van der Waals surface area contributed by atoms with Crippen LogP contribution >= 0.6 is 11.6 Å². The first-order chi connectivity index (χ1) is 11.5. The molecule has 5 nitrogen and oxygen atoms in total. The van der Waals surface area contributed by atoms with Crippen LogP contribution in [0.1, 0.15) is 20.7 Å². The molecular weight excluding hydrogens is 339 g/mol. The topological polar surface area (TPSA) is 61.8 Å². The van der Waals surface area contributed by atoms with E-state index >= 15 is 0 Å². The van der Waals surface area contributed by atoms with Gasteiger partial charge in [0.25, 0.3) is 0 Å². The number of carbonyl (C=O) groups excluding carboxylic acids is 2. The van der Waals surface area contributed by atoms with Crippen LogP contribution < -0.4 is 9.47 Å². The van der Waals surface area contributed by atoms with Crippen molar-refractivity contribution in [2.45, 2.75) is 0 Å². The molecule has 1 aliphatic heterocycles. The van der Waals surface area contributed by atoms with Gasteiger partial charge in [0.15, 0.2) is 23.9 Å². The van der Waals surface area contributed by atoms with E-state index in [0.717, 1.165) is 12.1 Å². The Balaban J connectivity index is 1.66. The highest BCUT2D eigenvalue weighted by molar-refractivity contribution is 6.33. The molecule has 2 aromatic rings. The molecule has 0 saturated carbocycles. The summed E-state index contributed by atoms with van der Waals surface area (Å²) in [5.74, 6) is -0.735. The lowest BCUT2D eigenvalue weighted by atomic mass is 10.1. The lowest BCUT2D eigenvalue weighted by Gasteiger charge is -2.18. The van der Waals surface area contributed by atoms with Gasteiger partial charge in [-0.15, -0.1) is 0 Å². The zero-order chi connectivity index (χ0) is 17.1. The normalized spacial score (nSPS) is 12.6. The Kier molecular flexibility index (Phi) is 4.66. The number of ether oxygens (including phenoxy) is 3. The fraction of sp³-hybridized carbons (Fsp3) is 0.176. The van der Waals surface area contributed by atoms with Crippen LogP contribution in [0.2, 0.25) is 5.02 Å². The maximum atomic E-state index is 13.0. The fourth-order valence-electron chi connectivity index (χ4n) is 2.16. The Hall–Kier alpha value is -2.60. The summed E-state index contributed by atoms with van der Waals surface area (Å²) < 4.78 is 28.7. The van der Waals surface area contributed by atoms with E-state index in [9.17, 15) is 14.0 Å². The quantitative estimate of drug-likeness (QED) is 0.625. The molecule has 124 valence electrons. The largest absolute Gasteiger partial charge is 0.486 e. The van der Waals surface area contributed by atoms with Crippen LogP contribution in [0, 0.1) is 5.82 Å².